The first-order chi connectivity index (χ1) is 11.2. The van der Waals surface area contributed by atoms with E-state index in [0.29, 0.717) is 0 Å². The van der Waals surface area contributed by atoms with Gasteiger partial charge in [-0.15, -0.1) is 0 Å². The summed E-state index contributed by atoms with van der Waals surface area (Å²) >= 11 is 0. The highest BCUT2D eigenvalue weighted by atomic mass is 16.6. The van der Waals surface area contributed by atoms with Crippen molar-refractivity contribution in [2.75, 3.05) is 0 Å². The number of alkyl carbamates (subject to hydrolysis) is 2. The van der Waals surface area contributed by atoms with Crippen molar-refractivity contribution >= 4 is 12.2 Å². The number of nitrogens with one attached hydrogen (secondary N) is 1. The number of hydrogen-bond donors (Lipinski definition) is 1. The monoisotopic (exact) mass is 315 g/mol. The zero-order chi connectivity index (χ0) is 16.5. The van der Waals surface area contributed by atoms with Gasteiger partial charge >= 0.3 is 12.2 Å². The van der Waals surface area contributed by atoms with Crippen molar-refractivity contribution in [3.05, 3.63) is 60.7 Å². The maximum Gasteiger partial charge on any atom is 0.417 e. The van der Waals surface area contributed by atoms with Crippen LogP contribution in [0.25, 0.3) is 0 Å². The number of allylic oxidation sites excluding steroid dienone is 2. The summed E-state index contributed by atoms with van der Waals surface area (Å²) in [7, 11) is 0. The molecule has 0 aliphatic heterocycles. The van der Waals surface area contributed by atoms with Gasteiger partial charge in [-0.05, 0) is 24.8 Å². The molecule has 122 valence electrons. The molecule has 1 unspecified atom stereocenters. The number of rotatable bonds is 5. The minimum Gasteiger partial charge on any atom is -0.444 e. The number of ether oxygens (including phenoxy) is 2. The Kier molecular flexibility index (Phi) is 6.41. The van der Waals surface area contributed by atoms with Gasteiger partial charge in [0.15, 0.2) is 0 Å². The highest BCUT2D eigenvalue weighted by molar-refractivity contribution is 5.87. The zero-order valence-corrected chi connectivity index (χ0v) is 12.9. The lowest BCUT2D eigenvalue weighted by molar-refractivity contribution is 0.0804. The number of carbonyl (C=O) groups excluding carboxylic acids is 2. The van der Waals surface area contributed by atoms with Crippen LogP contribution in [0, 0.1) is 5.92 Å². The van der Waals surface area contributed by atoms with E-state index in [2.05, 4.69) is 24.0 Å². The average molecular weight is 315 g/mol. The molecule has 5 heteroatoms. The Morgan fingerprint density at radius 1 is 1.26 bits per heavy atom. The van der Waals surface area contributed by atoms with Crippen LogP contribution in [0.3, 0.4) is 0 Å². The van der Waals surface area contributed by atoms with Crippen LogP contribution < -0.4 is 5.32 Å². The van der Waals surface area contributed by atoms with Crippen LogP contribution >= 0.6 is 0 Å². The molecule has 1 aromatic rings. The first-order valence-corrected chi connectivity index (χ1v) is 7.65. The third-order valence-electron chi connectivity index (χ3n) is 3.67. The van der Waals surface area contributed by atoms with Crippen molar-refractivity contribution < 1.29 is 19.1 Å². The minimum absolute atomic E-state index is 0.0955. The van der Waals surface area contributed by atoms with E-state index in [1.807, 2.05) is 30.3 Å². The standard InChI is InChI=1S/C18H21NO4/c1-2-16(15-11-7-4-8-12-15)23-18(21)19-17(20)22-13-14-9-5-3-6-10-14/h2-7,9-10,15-16H,1,8,11-13H2,(H,19,20,21)/t15?,16-/m0/s1. The van der Waals surface area contributed by atoms with E-state index in [1.165, 1.54) is 0 Å². The van der Waals surface area contributed by atoms with Crippen LogP contribution in [0.5, 0.6) is 0 Å². The van der Waals surface area contributed by atoms with Crippen LogP contribution in [-0.2, 0) is 16.1 Å². The SMILES string of the molecule is C=C[C@H](OC(=O)NC(=O)OCc1ccccc1)C1CC=CCC1. The Bertz CT molecular complexity index is 568. The molecule has 2 rings (SSSR count). The molecule has 0 bridgehead atoms. The molecule has 1 aromatic carbocycles. The maximum atomic E-state index is 11.8. The molecular formula is C18H21NO4. The third-order valence-corrected chi connectivity index (χ3v) is 3.67. The van der Waals surface area contributed by atoms with Gasteiger partial charge in [-0.1, -0.05) is 55.1 Å². The quantitative estimate of drug-likeness (QED) is 0.835. The summed E-state index contributed by atoms with van der Waals surface area (Å²) in [6.07, 6.45) is 6.44. The minimum atomic E-state index is -0.829. The van der Waals surface area contributed by atoms with Crippen LogP contribution in [-0.4, -0.2) is 18.3 Å². The fourth-order valence-corrected chi connectivity index (χ4v) is 2.45. The van der Waals surface area contributed by atoms with Crippen LogP contribution in [0.4, 0.5) is 9.59 Å². The molecule has 1 aliphatic rings. The molecule has 0 aromatic heterocycles. The van der Waals surface area contributed by atoms with E-state index in [0.717, 1.165) is 24.8 Å². The molecule has 0 spiro atoms. The first-order valence-electron chi connectivity index (χ1n) is 7.65. The molecule has 2 amide bonds. The van der Waals surface area contributed by atoms with E-state index in [1.54, 1.807) is 6.08 Å². The van der Waals surface area contributed by atoms with Gasteiger partial charge in [0.2, 0.25) is 0 Å². The number of benzene rings is 1. The average Bonchev–Trinajstić information content (AvgIpc) is 2.59. The van der Waals surface area contributed by atoms with E-state index in [-0.39, 0.29) is 12.5 Å². The summed E-state index contributed by atoms with van der Waals surface area (Å²) in [4.78, 5) is 23.4. The lowest BCUT2D eigenvalue weighted by Gasteiger charge is -2.25. The smallest absolute Gasteiger partial charge is 0.417 e. The van der Waals surface area contributed by atoms with E-state index < -0.39 is 18.3 Å². The Hall–Kier alpha value is -2.56. The number of carbonyl (C=O) groups is 2. The Balaban J connectivity index is 1.75. The molecule has 0 radical (unpaired) electrons. The summed E-state index contributed by atoms with van der Waals surface area (Å²) in [5.41, 5.74) is 0.842. The molecule has 0 fully saturated rings. The molecule has 2 atom stereocenters. The summed E-state index contributed by atoms with van der Waals surface area (Å²) in [6, 6.07) is 9.22. The number of imide groups is 1. The molecule has 5 nitrogen and oxygen atoms in total. The van der Waals surface area contributed by atoms with Crippen LogP contribution in [0.15, 0.2) is 55.1 Å². The molecule has 0 heterocycles. The summed E-state index contributed by atoms with van der Waals surface area (Å²) in [5.74, 6) is 0.198. The largest absolute Gasteiger partial charge is 0.444 e. The highest BCUT2D eigenvalue weighted by Crippen LogP contribution is 2.24. The molecule has 1 N–H and O–H groups in total. The van der Waals surface area contributed by atoms with Crippen molar-refractivity contribution in [3.63, 3.8) is 0 Å². The third kappa shape index (κ3) is 5.62. The van der Waals surface area contributed by atoms with Crippen molar-refractivity contribution in [1.29, 1.82) is 0 Å². The van der Waals surface area contributed by atoms with Gasteiger partial charge in [0.1, 0.15) is 12.7 Å². The predicted octanol–water partition coefficient (Wildman–Crippen LogP) is 3.96. The van der Waals surface area contributed by atoms with E-state index in [9.17, 15) is 9.59 Å². The molecule has 0 saturated carbocycles. The van der Waals surface area contributed by atoms with Crippen LogP contribution in [0.1, 0.15) is 24.8 Å². The number of amides is 2. The van der Waals surface area contributed by atoms with Crippen LogP contribution in [0.2, 0.25) is 0 Å². The lowest BCUT2D eigenvalue weighted by Crippen LogP contribution is -2.36. The Morgan fingerprint density at radius 3 is 2.70 bits per heavy atom. The second-order valence-corrected chi connectivity index (χ2v) is 5.34. The Labute approximate surface area is 136 Å². The molecule has 23 heavy (non-hydrogen) atoms. The van der Waals surface area contributed by atoms with Crippen molar-refractivity contribution in [1.82, 2.24) is 5.32 Å². The number of hydrogen-bond acceptors (Lipinski definition) is 4. The fraction of sp³-hybridized carbons (Fsp3) is 0.333. The molecule has 0 saturated heterocycles. The van der Waals surface area contributed by atoms with Gasteiger partial charge in [0, 0.05) is 5.92 Å². The van der Waals surface area contributed by atoms with Crippen molar-refractivity contribution in [2.45, 2.75) is 32.0 Å². The second-order valence-electron chi connectivity index (χ2n) is 5.34. The van der Waals surface area contributed by atoms with E-state index in [4.69, 9.17) is 9.47 Å². The van der Waals surface area contributed by atoms with E-state index >= 15 is 0 Å². The molecular weight excluding hydrogens is 294 g/mol. The van der Waals surface area contributed by atoms with Gasteiger partial charge in [-0.3, -0.25) is 0 Å². The highest BCUT2D eigenvalue weighted by Gasteiger charge is 2.23. The van der Waals surface area contributed by atoms with Gasteiger partial charge in [0.25, 0.3) is 0 Å². The van der Waals surface area contributed by atoms with Crippen molar-refractivity contribution in [2.24, 2.45) is 5.92 Å². The Morgan fingerprint density at radius 2 is 2.04 bits per heavy atom. The first kappa shape index (κ1) is 16.8. The van der Waals surface area contributed by atoms with Gasteiger partial charge in [-0.2, -0.15) is 0 Å². The van der Waals surface area contributed by atoms with Gasteiger partial charge in [0.05, 0.1) is 0 Å². The fourth-order valence-electron chi connectivity index (χ4n) is 2.45. The molecule has 1 aliphatic carbocycles. The topological polar surface area (TPSA) is 64.6 Å². The zero-order valence-electron chi connectivity index (χ0n) is 12.9. The second kappa shape index (κ2) is 8.78. The van der Waals surface area contributed by atoms with Crippen molar-refractivity contribution in [3.8, 4) is 0 Å². The maximum absolute atomic E-state index is 11.8. The van der Waals surface area contributed by atoms with Gasteiger partial charge < -0.3 is 9.47 Å². The lowest BCUT2D eigenvalue weighted by atomic mass is 9.89. The normalized spacial score (nSPS) is 17.8. The summed E-state index contributed by atoms with van der Waals surface area (Å²) in [5, 5.41) is 2.07. The summed E-state index contributed by atoms with van der Waals surface area (Å²) in [6.45, 7) is 3.79. The van der Waals surface area contributed by atoms with Gasteiger partial charge in [-0.25, -0.2) is 14.9 Å². The summed E-state index contributed by atoms with van der Waals surface area (Å²) < 4.78 is 10.2. The predicted molar refractivity (Wildman–Crippen MR) is 86.7 cm³/mol.